The number of carbonyl (C=O) groups is 2. The van der Waals surface area contributed by atoms with E-state index < -0.39 is 11.9 Å². The third-order valence-electron chi connectivity index (χ3n) is 5.05. The highest BCUT2D eigenvalue weighted by molar-refractivity contribution is 6.05. The SMILES string of the molecule is CCn1nc(C(=O)NN=Cc2ccc(OC(=O)c3cccnc3)c(OC)c2)c2ccccc2c1=O. The Morgan fingerprint density at radius 2 is 1.89 bits per heavy atom. The molecule has 35 heavy (non-hydrogen) atoms. The summed E-state index contributed by atoms with van der Waals surface area (Å²) in [7, 11) is 1.44. The van der Waals surface area contributed by atoms with Gasteiger partial charge >= 0.3 is 5.97 Å². The molecule has 0 fully saturated rings. The smallest absolute Gasteiger partial charge is 0.345 e. The van der Waals surface area contributed by atoms with Crippen molar-refractivity contribution in [3.8, 4) is 11.5 Å². The molecule has 0 saturated heterocycles. The lowest BCUT2D eigenvalue weighted by molar-refractivity contribution is 0.0729. The van der Waals surface area contributed by atoms with Crippen molar-refractivity contribution in [3.63, 3.8) is 0 Å². The summed E-state index contributed by atoms with van der Waals surface area (Å²) in [4.78, 5) is 41.4. The fourth-order valence-electron chi connectivity index (χ4n) is 3.33. The van der Waals surface area contributed by atoms with Crippen LogP contribution in [0.15, 0.2) is 76.9 Å². The highest BCUT2D eigenvalue weighted by atomic mass is 16.6. The molecule has 2 heterocycles. The number of aromatic nitrogens is 3. The van der Waals surface area contributed by atoms with Gasteiger partial charge < -0.3 is 9.47 Å². The molecule has 10 nitrogen and oxygen atoms in total. The molecule has 1 amide bonds. The minimum absolute atomic E-state index is 0.0921. The topological polar surface area (TPSA) is 125 Å². The van der Waals surface area contributed by atoms with Crippen LogP contribution in [0, 0.1) is 0 Å². The zero-order valence-electron chi connectivity index (χ0n) is 19.0. The van der Waals surface area contributed by atoms with E-state index in [4.69, 9.17) is 9.47 Å². The maximum absolute atomic E-state index is 12.8. The molecule has 10 heteroatoms. The van der Waals surface area contributed by atoms with Crippen molar-refractivity contribution in [1.82, 2.24) is 20.2 Å². The molecule has 2 aromatic carbocycles. The normalized spacial score (nSPS) is 10.9. The van der Waals surface area contributed by atoms with Crippen LogP contribution in [0.5, 0.6) is 11.5 Å². The van der Waals surface area contributed by atoms with E-state index in [2.05, 4.69) is 20.6 Å². The van der Waals surface area contributed by atoms with E-state index in [1.807, 2.05) is 0 Å². The van der Waals surface area contributed by atoms with Gasteiger partial charge in [0.1, 0.15) is 0 Å². The molecule has 0 aliphatic heterocycles. The number of aryl methyl sites for hydroxylation is 1. The van der Waals surface area contributed by atoms with Gasteiger partial charge in [0.15, 0.2) is 17.2 Å². The zero-order valence-corrected chi connectivity index (χ0v) is 19.0. The van der Waals surface area contributed by atoms with Gasteiger partial charge in [-0.05, 0) is 48.9 Å². The second-order valence-electron chi connectivity index (χ2n) is 7.26. The molecule has 4 aromatic rings. The number of amides is 1. The molecule has 2 aromatic heterocycles. The molecule has 0 radical (unpaired) electrons. The number of hydrogen-bond donors (Lipinski definition) is 1. The molecule has 0 spiro atoms. The van der Waals surface area contributed by atoms with Crippen molar-refractivity contribution in [2.45, 2.75) is 13.5 Å². The van der Waals surface area contributed by atoms with E-state index >= 15 is 0 Å². The van der Waals surface area contributed by atoms with Crippen molar-refractivity contribution >= 4 is 28.9 Å². The van der Waals surface area contributed by atoms with Crippen LogP contribution in [0.1, 0.15) is 33.3 Å². The van der Waals surface area contributed by atoms with Crippen LogP contribution in [0.3, 0.4) is 0 Å². The van der Waals surface area contributed by atoms with Crippen molar-refractivity contribution in [1.29, 1.82) is 0 Å². The molecule has 0 aliphatic rings. The van der Waals surface area contributed by atoms with Gasteiger partial charge in [-0.2, -0.15) is 10.2 Å². The Morgan fingerprint density at radius 3 is 2.60 bits per heavy atom. The predicted octanol–water partition coefficient (Wildman–Crippen LogP) is 2.80. The lowest BCUT2D eigenvalue weighted by atomic mass is 10.1. The second-order valence-corrected chi connectivity index (χ2v) is 7.26. The molecular weight excluding hydrogens is 450 g/mol. The quantitative estimate of drug-likeness (QED) is 0.190. The molecule has 0 atom stereocenters. The molecular formula is C25H21N5O5. The number of hydrogen-bond acceptors (Lipinski definition) is 8. The molecule has 1 N–H and O–H groups in total. The Kier molecular flexibility index (Phi) is 6.91. The zero-order chi connectivity index (χ0) is 24.8. The number of pyridine rings is 1. The van der Waals surface area contributed by atoms with E-state index in [9.17, 15) is 14.4 Å². The van der Waals surface area contributed by atoms with Gasteiger partial charge in [0, 0.05) is 24.3 Å². The van der Waals surface area contributed by atoms with Gasteiger partial charge in [0.2, 0.25) is 0 Å². The number of fused-ring (bicyclic) bond motifs is 1. The number of nitrogens with one attached hydrogen (secondary N) is 1. The maximum Gasteiger partial charge on any atom is 0.345 e. The van der Waals surface area contributed by atoms with Crippen molar-refractivity contribution in [2.24, 2.45) is 5.10 Å². The first-order valence-electron chi connectivity index (χ1n) is 10.6. The Labute approximate surface area is 199 Å². The van der Waals surface area contributed by atoms with E-state index in [0.717, 1.165) is 0 Å². The molecule has 176 valence electrons. The summed E-state index contributed by atoms with van der Waals surface area (Å²) in [5.41, 5.74) is 3.15. The number of hydrazone groups is 1. The van der Waals surface area contributed by atoms with Gasteiger partial charge in [0.05, 0.1) is 24.3 Å². The highest BCUT2D eigenvalue weighted by Gasteiger charge is 2.16. The standard InChI is InChI=1S/C25H21N5O5/c1-3-30-24(32)19-9-5-4-8-18(19)22(29-30)23(31)28-27-14-16-10-11-20(21(13-16)34-2)35-25(33)17-7-6-12-26-15-17/h4-15H,3H2,1-2H3,(H,28,31). The Balaban J connectivity index is 1.51. The van der Waals surface area contributed by atoms with E-state index in [0.29, 0.717) is 34.2 Å². The van der Waals surface area contributed by atoms with Crippen LogP contribution in [0.4, 0.5) is 0 Å². The lowest BCUT2D eigenvalue weighted by Crippen LogP contribution is -2.28. The number of esters is 1. The van der Waals surface area contributed by atoms with Gasteiger partial charge in [0.25, 0.3) is 11.5 Å². The van der Waals surface area contributed by atoms with Crippen LogP contribution in [0.2, 0.25) is 0 Å². The Hall–Kier alpha value is -4.86. The molecule has 0 aliphatic carbocycles. The summed E-state index contributed by atoms with van der Waals surface area (Å²) in [6.07, 6.45) is 4.37. The minimum atomic E-state index is -0.571. The fraction of sp³-hybridized carbons (Fsp3) is 0.120. The first-order valence-corrected chi connectivity index (χ1v) is 10.6. The van der Waals surface area contributed by atoms with Gasteiger partial charge in [-0.25, -0.2) is 14.9 Å². The lowest BCUT2D eigenvalue weighted by Gasteiger charge is -2.10. The molecule has 4 rings (SSSR count). The largest absolute Gasteiger partial charge is 0.493 e. The van der Waals surface area contributed by atoms with Crippen LogP contribution in [-0.2, 0) is 6.54 Å². The van der Waals surface area contributed by atoms with Gasteiger partial charge in [-0.1, -0.05) is 18.2 Å². The summed E-state index contributed by atoms with van der Waals surface area (Å²) in [5.74, 6) is -0.605. The number of benzene rings is 2. The second kappa shape index (κ2) is 10.4. The van der Waals surface area contributed by atoms with Crippen LogP contribution >= 0.6 is 0 Å². The fourth-order valence-corrected chi connectivity index (χ4v) is 3.33. The monoisotopic (exact) mass is 471 g/mol. The number of methoxy groups -OCH3 is 1. The third kappa shape index (κ3) is 5.06. The number of ether oxygens (including phenoxy) is 2. The average molecular weight is 471 g/mol. The third-order valence-corrected chi connectivity index (χ3v) is 5.05. The first kappa shape index (κ1) is 23.3. The number of carbonyl (C=O) groups excluding carboxylic acids is 2. The van der Waals surface area contributed by atoms with Gasteiger partial charge in [-0.3, -0.25) is 14.6 Å². The van der Waals surface area contributed by atoms with Crippen LogP contribution in [-0.4, -0.2) is 40.0 Å². The molecule has 0 bridgehead atoms. The van der Waals surface area contributed by atoms with E-state index in [1.165, 1.54) is 24.2 Å². The van der Waals surface area contributed by atoms with Crippen LogP contribution < -0.4 is 20.5 Å². The predicted molar refractivity (Wildman–Crippen MR) is 129 cm³/mol. The first-order chi connectivity index (χ1) is 17.0. The average Bonchev–Trinajstić information content (AvgIpc) is 2.90. The minimum Gasteiger partial charge on any atom is -0.493 e. The number of nitrogens with zero attached hydrogens (tertiary/aromatic N) is 4. The molecule has 0 unspecified atom stereocenters. The van der Waals surface area contributed by atoms with E-state index in [1.54, 1.807) is 67.7 Å². The maximum atomic E-state index is 12.8. The van der Waals surface area contributed by atoms with Crippen molar-refractivity contribution in [3.05, 3.63) is 94.2 Å². The summed E-state index contributed by atoms with van der Waals surface area (Å²) < 4.78 is 11.9. The van der Waals surface area contributed by atoms with Gasteiger partial charge in [-0.15, -0.1) is 0 Å². The number of rotatable bonds is 7. The Morgan fingerprint density at radius 1 is 1.09 bits per heavy atom. The van der Waals surface area contributed by atoms with Crippen molar-refractivity contribution in [2.75, 3.05) is 7.11 Å². The molecule has 0 saturated carbocycles. The summed E-state index contributed by atoms with van der Waals surface area (Å²) in [6.45, 7) is 2.10. The summed E-state index contributed by atoms with van der Waals surface area (Å²) in [6, 6.07) is 14.8. The summed E-state index contributed by atoms with van der Waals surface area (Å²) in [5, 5.41) is 9.02. The van der Waals surface area contributed by atoms with E-state index in [-0.39, 0.29) is 17.0 Å². The van der Waals surface area contributed by atoms with Crippen LogP contribution in [0.25, 0.3) is 10.8 Å². The van der Waals surface area contributed by atoms with Crippen molar-refractivity contribution < 1.29 is 19.1 Å². The highest BCUT2D eigenvalue weighted by Crippen LogP contribution is 2.28. The Bertz CT molecular complexity index is 1480. The summed E-state index contributed by atoms with van der Waals surface area (Å²) >= 11 is 0.